The molecular formula is C16H13IN2. The number of para-hydroxylation sites is 1. The Labute approximate surface area is 125 Å². The molecule has 0 aliphatic carbocycles. The van der Waals surface area contributed by atoms with E-state index in [1.165, 1.54) is 3.57 Å². The number of pyridine rings is 1. The third-order valence-electron chi connectivity index (χ3n) is 3.21. The molecule has 0 spiro atoms. The Kier molecular flexibility index (Phi) is 3.48. The molecule has 2 nitrogen and oxygen atoms in total. The van der Waals surface area contributed by atoms with Gasteiger partial charge >= 0.3 is 0 Å². The summed E-state index contributed by atoms with van der Waals surface area (Å²) in [5.74, 6) is 0. The molecule has 0 radical (unpaired) electrons. The predicted octanol–water partition coefficient (Wildman–Crippen LogP) is 3.89. The van der Waals surface area contributed by atoms with E-state index in [9.17, 15) is 0 Å². The standard InChI is InChI=1S/C16H13IN2/c17-14-7-3-2-6-13(14)16(18)12-9-11-5-1-4-8-15(11)19-10-12/h1-10,16H,18H2. The Morgan fingerprint density at radius 3 is 2.58 bits per heavy atom. The number of halogens is 1. The summed E-state index contributed by atoms with van der Waals surface area (Å²) >= 11 is 2.32. The number of rotatable bonds is 2. The van der Waals surface area contributed by atoms with Crippen LogP contribution in [0.15, 0.2) is 60.8 Å². The number of nitrogens with zero attached hydrogens (tertiary/aromatic N) is 1. The zero-order valence-corrected chi connectivity index (χ0v) is 12.4. The molecule has 1 atom stereocenters. The first-order valence-electron chi connectivity index (χ1n) is 6.10. The van der Waals surface area contributed by atoms with Crippen LogP contribution in [0, 0.1) is 3.57 Å². The fraction of sp³-hybridized carbons (Fsp3) is 0.0625. The molecule has 0 aliphatic rings. The normalized spacial score (nSPS) is 12.5. The maximum absolute atomic E-state index is 6.36. The lowest BCUT2D eigenvalue weighted by molar-refractivity contribution is 0.861. The fourth-order valence-corrected chi connectivity index (χ4v) is 2.89. The number of fused-ring (bicyclic) bond motifs is 1. The number of nitrogens with two attached hydrogens (primary N) is 1. The molecule has 0 fully saturated rings. The van der Waals surface area contributed by atoms with E-state index >= 15 is 0 Å². The van der Waals surface area contributed by atoms with Gasteiger partial charge in [0.2, 0.25) is 0 Å². The van der Waals surface area contributed by atoms with Crippen molar-refractivity contribution in [2.45, 2.75) is 6.04 Å². The molecule has 2 N–H and O–H groups in total. The van der Waals surface area contributed by atoms with Gasteiger partial charge in [0.1, 0.15) is 0 Å². The Morgan fingerprint density at radius 2 is 1.74 bits per heavy atom. The van der Waals surface area contributed by atoms with Crippen molar-refractivity contribution >= 4 is 33.5 Å². The molecule has 3 rings (SSSR count). The molecule has 1 heterocycles. The molecule has 3 heteroatoms. The smallest absolute Gasteiger partial charge is 0.0702 e. The van der Waals surface area contributed by atoms with Crippen molar-refractivity contribution in [3.05, 3.63) is 75.5 Å². The molecule has 1 unspecified atom stereocenters. The maximum Gasteiger partial charge on any atom is 0.0702 e. The van der Waals surface area contributed by atoms with Crippen molar-refractivity contribution in [1.82, 2.24) is 4.98 Å². The summed E-state index contributed by atoms with van der Waals surface area (Å²) in [5.41, 5.74) is 9.55. The topological polar surface area (TPSA) is 38.9 Å². The summed E-state index contributed by atoms with van der Waals surface area (Å²) in [6.07, 6.45) is 1.87. The second-order valence-electron chi connectivity index (χ2n) is 4.46. The van der Waals surface area contributed by atoms with Crippen LogP contribution in [0.2, 0.25) is 0 Å². The first kappa shape index (κ1) is 12.6. The lowest BCUT2D eigenvalue weighted by atomic mass is 10.00. The minimum atomic E-state index is -0.134. The van der Waals surface area contributed by atoms with E-state index in [1.807, 2.05) is 36.5 Å². The molecule has 0 saturated heterocycles. The van der Waals surface area contributed by atoms with E-state index in [0.29, 0.717) is 0 Å². The first-order chi connectivity index (χ1) is 9.25. The highest BCUT2D eigenvalue weighted by molar-refractivity contribution is 14.1. The lowest BCUT2D eigenvalue weighted by Crippen LogP contribution is -2.13. The minimum Gasteiger partial charge on any atom is -0.320 e. The summed E-state index contributed by atoms with van der Waals surface area (Å²) in [5, 5.41) is 1.13. The summed E-state index contributed by atoms with van der Waals surface area (Å²) < 4.78 is 1.18. The Balaban J connectivity index is 2.07. The van der Waals surface area contributed by atoms with E-state index < -0.39 is 0 Å². The number of benzene rings is 2. The highest BCUT2D eigenvalue weighted by atomic mass is 127. The van der Waals surface area contributed by atoms with Crippen LogP contribution in [0.4, 0.5) is 0 Å². The van der Waals surface area contributed by atoms with Crippen LogP contribution in [0.3, 0.4) is 0 Å². The quantitative estimate of drug-likeness (QED) is 0.705. The van der Waals surface area contributed by atoms with Gasteiger partial charge in [0, 0.05) is 15.2 Å². The van der Waals surface area contributed by atoms with Gasteiger partial charge < -0.3 is 5.73 Å². The van der Waals surface area contributed by atoms with Crippen LogP contribution in [0.5, 0.6) is 0 Å². The van der Waals surface area contributed by atoms with Crippen LogP contribution in [0.1, 0.15) is 17.2 Å². The molecule has 0 bridgehead atoms. The van der Waals surface area contributed by atoms with Gasteiger partial charge in [-0.2, -0.15) is 0 Å². The molecule has 19 heavy (non-hydrogen) atoms. The Morgan fingerprint density at radius 1 is 1.00 bits per heavy atom. The monoisotopic (exact) mass is 360 g/mol. The molecule has 1 aromatic heterocycles. The maximum atomic E-state index is 6.36. The van der Waals surface area contributed by atoms with Crippen molar-refractivity contribution < 1.29 is 0 Å². The highest BCUT2D eigenvalue weighted by Gasteiger charge is 2.12. The molecule has 3 aromatic rings. The summed E-state index contributed by atoms with van der Waals surface area (Å²) in [6, 6.07) is 18.3. The van der Waals surface area contributed by atoms with Crippen LogP contribution in [-0.2, 0) is 0 Å². The SMILES string of the molecule is NC(c1cnc2ccccc2c1)c1ccccc1I. The van der Waals surface area contributed by atoms with Gasteiger partial charge in [-0.1, -0.05) is 36.4 Å². The van der Waals surface area contributed by atoms with Crippen molar-refractivity contribution in [2.24, 2.45) is 5.73 Å². The number of hydrogen-bond acceptors (Lipinski definition) is 2. The minimum absolute atomic E-state index is 0.134. The van der Waals surface area contributed by atoms with Crippen molar-refractivity contribution in [3.63, 3.8) is 0 Å². The van der Waals surface area contributed by atoms with Gasteiger partial charge in [-0.15, -0.1) is 0 Å². The van der Waals surface area contributed by atoms with Crippen molar-refractivity contribution in [3.8, 4) is 0 Å². The van der Waals surface area contributed by atoms with E-state index in [-0.39, 0.29) is 6.04 Å². The zero-order chi connectivity index (χ0) is 13.2. The average molecular weight is 360 g/mol. The summed E-state index contributed by atoms with van der Waals surface area (Å²) in [4.78, 5) is 4.47. The molecule has 0 amide bonds. The van der Waals surface area contributed by atoms with Gasteiger partial charge in [-0.05, 0) is 51.9 Å². The van der Waals surface area contributed by atoms with Gasteiger partial charge in [0.05, 0.1) is 11.6 Å². The van der Waals surface area contributed by atoms with Gasteiger partial charge in [-0.3, -0.25) is 4.98 Å². The van der Waals surface area contributed by atoms with Crippen molar-refractivity contribution in [2.75, 3.05) is 0 Å². The Bertz CT molecular complexity index is 725. The third kappa shape index (κ3) is 2.48. The summed E-state index contributed by atoms with van der Waals surface area (Å²) in [7, 11) is 0. The van der Waals surface area contributed by atoms with Gasteiger partial charge in [0.25, 0.3) is 0 Å². The van der Waals surface area contributed by atoms with E-state index in [4.69, 9.17) is 5.73 Å². The summed E-state index contributed by atoms with van der Waals surface area (Å²) in [6.45, 7) is 0. The molecule has 0 aliphatic heterocycles. The molecule has 2 aromatic carbocycles. The lowest BCUT2D eigenvalue weighted by Gasteiger charge is -2.14. The second kappa shape index (κ2) is 5.27. The fourth-order valence-electron chi connectivity index (χ4n) is 2.17. The predicted molar refractivity (Wildman–Crippen MR) is 86.9 cm³/mol. The molecular weight excluding hydrogens is 347 g/mol. The van der Waals surface area contributed by atoms with E-state index in [1.54, 1.807) is 0 Å². The largest absolute Gasteiger partial charge is 0.320 e. The second-order valence-corrected chi connectivity index (χ2v) is 5.62. The number of aromatic nitrogens is 1. The van der Waals surface area contributed by atoms with Gasteiger partial charge in [-0.25, -0.2) is 0 Å². The van der Waals surface area contributed by atoms with Crippen LogP contribution in [-0.4, -0.2) is 4.98 Å². The third-order valence-corrected chi connectivity index (χ3v) is 4.19. The van der Waals surface area contributed by atoms with E-state index in [0.717, 1.165) is 22.0 Å². The zero-order valence-electron chi connectivity index (χ0n) is 10.3. The average Bonchev–Trinajstić information content (AvgIpc) is 2.46. The highest BCUT2D eigenvalue weighted by Crippen LogP contribution is 2.25. The Hall–Kier alpha value is -1.46. The van der Waals surface area contributed by atoms with Crippen LogP contribution in [0.25, 0.3) is 10.9 Å². The van der Waals surface area contributed by atoms with Gasteiger partial charge in [0.15, 0.2) is 0 Å². The van der Waals surface area contributed by atoms with Crippen LogP contribution >= 0.6 is 22.6 Å². The first-order valence-corrected chi connectivity index (χ1v) is 7.18. The van der Waals surface area contributed by atoms with Crippen LogP contribution < -0.4 is 5.73 Å². The van der Waals surface area contributed by atoms with E-state index in [2.05, 4.69) is 51.8 Å². The molecule has 94 valence electrons. The number of hydrogen-bond donors (Lipinski definition) is 1. The van der Waals surface area contributed by atoms with Crippen molar-refractivity contribution in [1.29, 1.82) is 0 Å². The molecule has 0 saturated carbocycles.